The minimum absolute atomic E-state index is 0.786. The average molecular weight is 268 g/mol. The van der Waals surface area contributed by atoms with Crippen molar-refractivity contribution < 1.29 is 0 Å². The van der Waals surface area contributed by atoms with Gasteiger partial charge in [0.25, 0.3) is 0 Å². The number of aryl methyl sites for hydroxylation is 2. The summed E-state index contributed by atoms with van der Waals surface area (Å²) in [6.07, 6.45) is 5.30. The van der Waals surface area contributed by atoms with E-state index < -0.39 is 0 Å². The van der Waals surface area contributed by atoms with Crippen LogP contribution in [0.3, 0.4) is 0 Å². The van der Waals surface area contributed by atoms with Crippen molar-refractivity contribution in [1.29, 1.82) is 0 Å². The molecule has 0 aromatic carbocycles. The molecule has 0 amide bonds. The third-order valence-corrected chi connectivity index (χ3v) is 3.43. The van der Waals surface area contributed by atoms with Crippen molar-refractivity contribution in [2.24, 2.45) is 0 Å². The fourth-order valence-electron chi connectivity index (χ4n) is 1.76. The average Bonchev–Trinajstić information content (AvgIpc) is 3.03. The van der Waals surface area contributed by atoms with Crippen LogP contribution >= 0.6 is 11.3 Å². The highest BCUT2D eigenvalue weighted by Gasteiger charge is 1.97. The summed E-state index contributed by atoms with van der Waals surface area (Å²) in [4.78, 5) is 8.81. The Hall–Kier alpha value is -2.19. The number of aromatic nitrogens is 4. The van der Waals surface area contributed by atoms with Gasteiger partial charge in [-0.2, -0.15) is 5.10 Å². The van der Waals surface area contributed by atoms with E-state index in [1.165, 1.54) is 0 Å². The summed E-state index contributed by atoms with van der Waals surface area (Å²) in [7, 11) is 0. The molecule has 0 aliphatic heterocycles. The van der Waals surface area contributed by atoms with Crippen LogP contribution in [0.15, 0.2) is 29.9 Å². The van der Waals surface area contributed by atoms with Gasteiger partial charge in [-0.1, -0.05) is 5.92 Å². The number of rotatable bonds is 2. The van der Waals surface area contributed by atoms with Gasteiger partial charge in [0.1, 0.15) is 5.69 Å². The van der Waals surface area contributed by atoms with Gasteiger partial charge in [0.05, 0.1) is 11.2 Å². The largest absolute Gasteiger partial charge is 0.234 e. The zero-order valence-corrected chi connectivity index (χ0v) is 11.3. The molecule has 3 heterocycles. The van der Waals surface area contributed by atoms with Gasteiger partial charge in [0, 0.05) is 36.2 Å². The summed E-state index contributed by atoms with van der Waals surface area (Å²) in [6.45, 7) is 1.99. The van der Waals surface area contributed by atoms with Gasteiger partial charge >= 0.3 is 0 Å². The lowest BCUT2D eigenvalue weighted by atomic mass is 10.2. The molecule has 0 saturated heterocycles. The molecule has 5 heteroatoms. The van der Waals surface area contributed by atoms with Crippen molar-refractivity contribution in [3.8, 4) is 11.8 Å². The van der Waals surface area contributed by atoms with Gasteiger partial charge in [0.2, 0.25) is 0 Å². The van der Waals surface area contributed by atoms with E-state index in [0.717, 1.165) is 34.9 Å². The second kappa shape index (κ2) is 5.21. The minimum Gasteiger partial charge on any atom is -0.234 e. The Balaban J connectivity index is 1.64. The molecule has 0 aliphatic rings. The highest BCUT2D eigenvalue weighted by atomic mass is 32.1. The number of nitrogens with zero attached hydrogens (tertiary/aromatic N) is 4. The van der Waals surface area contributed by atoms with Crippen LogP contribution in [-0.2, 0) is 6.42 Å². The van der Waals surface area contributed by atoms with Crippen LogP contribution in [0.2, 0.25) is 0 Å². The van der Waals surface area contributed by atoms with Gasteiger partial charge in [0.15, 0.2) is 5.65 Å². The molecule has 4 nitrogen and oxygen atoms in total. The summed E-state index contributed by atoms with van der Waals surface area (Å²) in [5.74, 6) is 6.21. The molecule has 3 aromatic heterocycles. The van der Waals surface area contributed by atoms with Crippen molar-refractivity contribution in [3.63, 3.8) is 0 Å². The standard InChI is InChI=1S/C14H12N4S/c1-11-16-13(10-19-11)5-3-2-4-12-7-9-18-14(17-12)6-8-15-18/h6-10H,2,4H2,1H3. The molecular formula is C14H12N4S. The molecule has 0 aliphatic carbocycles. The second-order valence-corrected chi connectivity index (χ2v) is 5.17. The molecule has 0 unspecified atom stereocenters. The Labute approximate surface area is 115 Å². The van der Waals surface area contributed by atoms with E-state index in [-0.39, 0.29) is 0 Å². The Morgan fingerprint density at radius 1 is 1.32 bits per heavy atom. The predicted molar refractivity (Wildman–Crippen MR) is 75.0 cm³/mol. The third-order valence-electron chi connectivity index (χ3n) is 2.66. The fourth-order valence-corrected chi connectivity index (χ4v) is 2.30. The van der Waals surface area contributed by atoms with Crippen molar-refractivity contribution in [2.75, 3.05) is 0 Å². The highest BCUT2D eigenvalue weighted by molar-refractivity contribution is 7.09. The van der Waals surface area contributed by atoms with Gasteiger partial charge in [-0.3, -0.25) is 0 Å². The molecule has 19 heavy (non-hydrogen) atoms. The molecule has 0 N–H and O–H groups in total. The lowest BCUT2D eigenvalue weighted by Crippen LogP contribution is -1.94. The summed E-state index contributed by atoms with van der Waals surface area (Å²) in [6, 6.07) is 3.88. The Morgan fingerprint density at radius 2 is 2.26 bits per heavy atom. The fraction of sp³-hybridized carbons (Fsp3) is 0.214. The predicted octanol–water partition coefficient (Wildman–Crippen LogP) is 2.48. The zero-order valence-electron chi connectivity index (χ0n) is 10.5. The van der Waals surface area contributed by atoms with Crippen LogP contribution in [0.4, 0.5) is 0 Å². The van der Waals surface area contributed by atoms with Crippen LogP contribution in [0.5, 0.6) is 0 Å². The number of hydrogen-bond acceptors (Lipinski definition) is 4. The van der Waals surface area contributed by atoms with Crippen LogP contribution in [-0.4, -0.2) is 19.6 Å². The molecule has 3 aromatic rings. The molecule has 0 fully saturated rings. The summed E-state index contributed by atoms with van der Waals surface area (Å²) in [5.41, 5.74) is 2.78. The van der Waals surface area contributed by atoms with E-state index in [2.05, 4.69) is 26.9 Å². The van der Waals surface area contributed by atoms with Crippen LogP contribution in [0, 0.1) is 18.8 Å². The second-order valence-electron chi connectivity index (χ2n) is 4.11. The van der Waals surface area contributed by atoms with Crippen molar-refractivity contribution in [2.45, 2.75) is 19.8 Å². The Morgan fingerprint density at radius 3 is 3.11 bits per heavy atom. The normalized spacial score (nSPS) is 10.4. The van der Waals surface area contributed by atoms with Crippen LogP contribution < -0.4 is 0 Å². The van der Waals surface area contributed by atoms with E-state index in [9.17, 15) is 0 Å². The number of fused-ring (bicyclic) bond motifs is 1. The van der Waals surface area contributed by atoms with E-state index in [1.807, 2.05) is 30.6 Å². The summed E-state index contributed by atoms with van der Waals surface area (Å²) < 4.78 is 1.76. The maximum atomic E-state index is 4.50. The Kier molecular flexibility index (Phi) is 3.25. The summed E-state index contributed by atoms with van der Waals surface area (Å²) in [5, 5.41) is 7.16. The van der Waals surface area contributed by atoms with Crippen LogP contribution in [0.25, 0.3) is 5.65 Å². The molecule has 0 saturated carbocycles. The molecule has 0 bridgehead atoms. The molecule has 94 valence electrons. The lowest BCUT2D eigenvalue weighted by molar-refractivity contribution is 0.895. The first-order valence-electron chi connectivity index (χ1n) is 6.01. The van der Waals surface area contributed by atoms with Gasteiger partial charge < -0.3 is 0 Å². The topological polar surface area (TPSA) is 43.1 Å². The number of hydrogen-bond donors (Lipinski definition) is 0. The summed E-state index contributed by atoms with van der Waals surface area (Å²) >= 11 is 1.63. The smallest absolute Gasteiger partial charge is 0.155 e. The highest BCUT2D eigenvalue weighted by Crippen LogP contribution is 2.07. The first-order valence-corrected chi connectivity index (χ1v) is 6.89. The lowest BCUT2D eigenvalue weighted by Gasteiger charge is -1.97. The quantitative estimate of drug-likeness (QED) is 0.671. The minimum atomic E-state index is 0.786. The zero-order chi connectivity index (χ0) is 13.1. The molecule has 0 atom stereocenters. The van der Waals surface area contributed by atoms with E-state index in [4.69, 9.17) is 0 Å². The van der Waals surface area contributed by atoms with Crippen molar-refractivity contribution in [1.82, 2.24) is 19.6 Å². The van der Waals surface area contributed by atoms with Gasteiger partial charge in [-0.25, -0.2) is 14.5 Å². The molecule has 3 rings (SSSR count). The van der Waals surface area contributed by atoms with Crippen LogP contribution in [0.1, 0.15) is 22.8 Å². The molecule has 0 radical (unpaired) electrons. The van der Waals surface area contributed by atoms with Crippen molar-refractivity contribution in [3.05, 3.63) is 46.3 Å². The Bertz CT molecular complexity index is 760. The third kappa shape index (κ3) is 2.80. The van der Waals surface area contributed by atoms with Gasteiger partial charge in [-0.05, 0) is 18.9 Å². The van der Waals surface area contributed by atoms with E-state index in [1.54, 1.807) is 22.0 Å². The monoisotopic (exact) mass is 268 g/mol. The maximum absolute atomic E-state index is 4.50. The first-order chi connectivity index (χ1) is 9.31. The molecule has 0 spiro atoms. The molecular weight excluding hydrogens is 256 g/mol. The maximum Gasteiger partial charge on any atom is 0.155 e. The van der Waals surface area contributed by atoms with Gasteiger partial charge in [-0.15, -0.1) is 11.3 Å². The van der Waals surface area contributed by atoms with E-state index in [0.29, 0.717) is 0 Å². The van der Waals surface area contributed by atoms with E-state index >= 15 is 0 Å². The number of thiazole rings is 1. The van der Waals surface area contributed by atoms with Crippen molar-refractivity contribution >= 4 is 17.0 Å². The first kappa shape index (κ1) is 11.9. The SMILES string of the molecule is Cc1nc(C#CCCc2ccn3nccc3n2)cs1.